The number of nitrogens with one attached hydrogen (secondary N) is 1. The molecule has 0 aromatic heterocycles. The van der Waals surface area contributed by atoms with Gasteiger partial charge in [-0.3, -0.25) is 4.79 Å². The molecule has 0 heterocycles. The predicted octanol–water partition coefficient (Wildman–Crippen LogP) is 5.07. The number of anilines is 1. The van der Waals surface area contributed by atoms with Crippen LogP contribution in [0.15, 0.2) is 42.5 Å². The summed E-state index contributed by atoms with van der Waals surface area (Å²) in [6, 6.07) is 11.6. The zero-order valence-corrected chi connectivity index (χ0v) is 12.6. The van der Waals surface area contributed by atoms with Crippen molar-refractivity contribution >= 4 is 23.2 Å². The van der Waals surface area contributed by atoms with Gasteiger partial charge < -0.3 is 5.32 Å². The maximum atomic E-state index is 13.7. The second kappa shape index (κ2) is 7.23. The normalized spacial score (nSPS) is 10.4. The van der Waals surface area contributed by atoms with E-state index in [4.69, 9.17) is 11.6 Å². The third kappa shape index (κ3) is 4.30. The van der Waals surface area contributed by atoms with Crippen molar-refractivity contribution in [2.24, 2.45) is 0 Å². The highest BCUT2D eigenvalue weighted by Gasteiger charge is 2.12. The van der Waals surface area contributed by atoms with Gasteiger partial charge in [0.05, 0.1) is 5.56 Å². The largest absolute Gasteiger partial charge is 0.322 e. The molecular weight excluding hydrogens is 289 g/mol. The van der Waals surface area contributed by atoms with Gasteiger partial charge in [0.15, 0.2) is 0 Å². The van der Waals surface area contributed by atoms with E-state index in [1.165, 1.54) is 17.7 Å². The lowest BCUT2D eigenvalue weighted by atomic mass is 10.1. The van der Waals surface area contributed by atoms with Crippen LogP contribution in [-0.2, 0) is 6.42 Å². The van der Waals surface area contributed by atoms with Gasteiger partial charge in [-0.05, 0) is 48.7 Å². The van der Waals surface area contributed by atoms with Crippen molar-refractivity contribution in [3.05, 3.63) is 64.4 Å². The molecule has 4 heteroatoms. The Balaban J connectivity index is 2.05. The SMILES string of the molecule is CCCCc1ccc(NC(=O)c2ccc(Cl)cc2F)cc1. The van der Waals surface area contributed by atoms with Crippen molar-refractivity contribution < 1.29 is 9.18 Å². The van der Waals surface area contributed by atoms with Gasteiger partial charge in [0.2, 0.25) is 0 Å². The highest BCUT2D eigenvalue weighted by Crippen LogP contribution is 2.17. The number of halogens is 2. The van der Waals surface area contributed by atoms with Gasteiger partial charge in [0.25, 0.3) is 5.91 Å². The van der Waals surface area contributed by atoms with Crippen LogP contribution in [0.1, 0.15) is 35.7 Å². The molecule has 2 aromatic carbocycles. The Labute approximate surface area is 128 Å². The van der Waals surface area contributed by atoms with E-state index >= 15 is 0 Å². The van der Waals surface area contributed by atoms with E-state index in [0.717, 1.165) is 25.3 Å². The van der Waals surface area contributed by atoms with Gasteiger partial charge in [-0.25, -0.2) is 4.39 Å². The Bertz CT molecular complexity index is 625. The second-order valence-corrected chi connectivity index (χ2v) is 5.32. The topological polar surface area (TPSA) is 29.1 Å². The Morgan fingerprint density at radius 2 is 1.90 bits per heavy atom. The van der Waals surface area contributed by atoms with Crippen LogP contribution in [0.5, 0.6) is 0 Å². The number of benzene rings is 2. The van der Waals surface area contributed by atoms with Crippen LogP contribution in [0.4, 0.5) is 10.1 Å². The maximum Gasteiger partial charge on any atom is 0.258 e. The standard InChI is InChI=1S/C17H17ClFNO/c1-2-3-4-12-5-8-14(9-6-12)20-17(21)15-10-7-13(18)11-16(15)19/h5-11H,2-4H2,1H3,(H,20,21). The summed E-state index contributed by atoms with van der Waals surface area (Å²) in [5, 5.41) is 2.95. The van der Waals surface area contributed by atoms with Crippen molar-refractivity contribution in [2.75, 3.05) is 5.32 Å². The number of aryl methyl sites for hydroxylation is 1. The molecule has 0 aliphatic heterocycles. The van der Waals surface area contributed by atoms with Crippen molar-refractivity contribution in [3.8, 4) is 0 Å². The Kier molecular flexibility index (Phi) is 5.34. The highest BCUT2D eigenvalue weighted by molar-refractivity contribution is 6.30. The van der Waals surface area contributed by atoms with Gasteiger partial charge in [-0.1, -0.05) is 37.1 Å². The maximum absolute atomic E-state index is 13.7. The first-order valence-corrected chi connectivity index (χ1v) is 7.33. The van der Waals surface area contributed by atoms with Crippen LogP contribution in [0.3, 0.4) is 0 Å². The van der Waals surface area contributed by atoms with Crippen LogP contribution in [0.25, 0.3) is 0 Å². The van der Waals surface area contributed by atoms with Gasteiger partial charge >= 0.3 is 0 Å². The molecular formula is C17H17ClFNO. The number of unbranched alkanes of at least 4 members (excludes halogenated alkanes) is 1. The minimum atomic E-state index is -0.625. The first-order valence-electron chi connectivity index (χ1n) is 6.95. The van der Waals surface area contributed by atoms with Crippen molar-refractivity contribution in [1.29, 1.82) is 0 Å². The molecule has 0 saturated heterocycles. The van der Waals surface area contributed by atoms with Gasteiger partial charge in [0.1, 0.15) is 5.82 Å². The molecule has 0 bridgehead atoms. The molecule has 2 rings (SSSR count). The first kappa shape index (κ1) is 15.5. The molecule has 0 saturated carbocycles. The monoisotopic (exact) mass is 305 g/mol. The second-order valence-electron chi connectivity index (χ2n) is 4.88. The number of rotatable bonds is 5. The fourth-order valence-corrected chi connectivity index (χ4v) is 2.17. The zero-order chi connectivity index (χ0) is 15.2. The summed E-state index contributed by atoms with van der Waals surface area (Å²) in [6.07, 6.45) is 3.31. The quantitative estimate of drug-likeness (QED) is 0.820. The fourth-order valence-electron chi connectivity index (χ4n) is 2.01. The van der Waals surface area contributed by atoms with E-state index in [0.29, 0.717) is 5.69 Å². The number of amides is 1. The summed E-state index contributed by atoms with van der Waals surface area (Å²) >= 11 is 5.67. The van der Waals surface area contributed by atoms with Gasteiger partial charge in [0, 0.05) is 10.7 Å². The third-order valence-corrected chi connectivity index (χ3v) is 3.44. The lowest BCUT2D eigenvalue weighted by Gasteiger charge is -2.07. The fraction of sp³-hybridized carbons (Fsp3) is 0.235. The first-order chi connectivity index (χ1) is 10.1. The lowest BCUT2D eigenvalue weighted by Crippen LogP contribution is -2.13. The van der Waals surface area contributed by atoms with Crippen LogP contribution in [0.2, 0.25) is 5.02 Å². The summed E-state index contributed by atoms with van der Waals surface area (Å²) in [4.78, 5) is 12.0. The Morgan fingerprint density at radius 1 is 1.19 bits per heavy atom. The summed E-state index contributed by atoms with van der Waals surface area (Å²) in [6.45, 7) is 2.15. The minimum Gasteiger partial charge on any atom is -0.322 e. The Hall–Kier alpha value is -1.87. The highest BCUT2D eigenvalue weighted by atomic mass is 35.5. The Morgan fingerprint density at radius 3 is 2.52 bits per heavy atom. The van der Waals surface area contributed by atoms with E-state index < -0.39 is 11.7 Å². The average Bonchev–Trinajstić information content (AvgIpc) is 2.46. The molecule has 110 valence electrons. The molecule has 0 fully saturated rings. The van der Waals surface area contributed by atoms with Crippen LogP contribution >= 0.6 is 11.6 Å². The van der Waals surface area contributed by atoms with Crippen LogP contribution in [0, 0.1) is 5.82 Å². The van der Waals surface area contributed by atoms with E-state index in [1.807, 2.05) is 24.3 Å². The number of hydrogen-bond acceptors (Lipinski definition) is 1. The molecule has 1 amide bonds. The molecule has 1 N–H and O–H groups in total. The summed E-state index contributed by atoms with van der Waals surface area (Å²) in [5.41, 5.74) is 1.86. The van der Waals surface area contributed by atoms with Gasteiger partial charge in [-0.15, -0.1) is 0 Å². The lowest BCUT2D eigenvalue weighted by molar-refractivity contribution is 0.102. The number of carbonyl (C=O) groups is 1. The number of hydrogen-bond donors (Lipinski definition) is 1. The summed E-state index contributed by atoms with van der Waals surface area (Å²) in [7, 11) is 0. The van der Waals surface area contributed by atoms with E-state index in [2.05, 4.69) is 12.2 Å². The minimum absolute atomic E-state index is 0.0190. The van der Waals surface area contributed by atoms with E-state index in [-0.39, 0.29) is 10.6 Å². The smallest absolute Gasteiger partial charge is 0.258 e. The molecule has 21 heavy (non-hydrogen) atoms. The van der Waals surface area contributed by atoms with Crippen molar-refractivity contribution in [3.63, 3.8) is 0 Å². The molecule has 2 nitrogen and oxygen atoms in total. The van der Waals surface area contributed by atoms with Crippen LogP contribution in [-0.4, -0.2) is 5.91 Å². The average molecular weight is 306 g/mol. The summed E-state index contributed by atoms with van der Waals surface area (Å²) < 4.78 is 13.7. The van der Waals surface area contributed by atoms with E-state index in [9.17, 15) is 9.18 Å². The third-order valence-electron chi connectivity index (χ3n) is 3.21. The van der Waals surface area contributed by atoms with E-state index in [1.54, 1.807) is 0 Å². The molecule has 0 spiro atoms. The summed E-state index contributed by atoms with van der Waals surface area (Å²) in [5.74, 6) is -1.11. The molecule has 0 aliphatic rings. The van der Waals surface area contributed by atoms with Crippen molar-refractivity contribution in [2.45, 2.75) is 26.2 Å². The molecule has 0 unspecified atom stereocenters. The molecule has 2 aromatic rings. The molecule has 0 atom stereocenters. The van der Waals surface area contributed by atoms with Gasteiger partial charge in [-0.2, -0.15) is 0 Å². The van der Waals surface area contributed by atoms with Crippen LogP contribution < -0.4 is 5.32 Å². The molecule has 0 radical (unpaired) electrons. The number of carbonyl (C=O) groups excluding carboxylic acids is 1. The zero-order valence-electron chi connectivity index (χ0n) is 11.8. The van der Waals surface area contributed by atoms with Crippen molar-refractivity contribution in [1.82, 2.24) is 0 Å². The molecule has 0 aliphatic carbocycles. The predicted molar refractivity (Wildman–Crippen MR) is 84.4 cm³/mol.